The van der Waals surface area contributed by atoms with Crippen LogP contribution in [-0.4, -0.2) is 48.4 Å². The molecule has 2 heterocycles. The van der Waals surface area contributed by atoms with E-state index in [1.165, 1.54) is 19.4 Å². The number of carbonyl (C=O) groups excluding carboxylic acids is 1. The van der Waals surface area contributed by atoms with Crippen molar-refractivity contribution in [1.82, 2.24) is 9.80 Å². The first kappa shape index (κ1) is 9.97. The van der Waals surface area contributed by atoms with Crippen LogP contribution >= 0.6 is 0 Å². The van der Waals surface area contributed by atoms with E-state index in [-0.39, 0.29) is 5.92 Å². The van der Waals surface area contributed by atoms with Crippen molar-refractivity contribution in [2.24, 2.45) is 5.92 Å². The third-order valence-electron chi connectivity index (χ3n) is 3.55. The van der Waals surface area contributed by atoms with E-state index in [9.17, 15) is 4.79 Å². The molecular formula is C11H20N2O. The van der Waals surface area contributed by atoms with Gasteiger partial charge in [0.15, 0.2) is 0 Å². The summed E-state index contributed by atoms with van der Waals surface area (Å²) in [6, 6.07) is 0.492. The summed E-state index contributed by atoms with van der Waals surface area (Å²) in [4.78, 5) is 16.3. The molecule has 80 valence electrons. The quantitative estimate of drug-likeness (QED) is 0.623. The summed E-state index contributed by atoms with van der Waals surface area (Å²) in [6.45, 7) is 5.29. The second-order valence-electron chi connectivity index (χ2n) is 4.78. The van der Waals surface area contributed by atoms with E-state index >= 15 is 0 Å². The van der Waals surface area contributed by atoms with Crippen LogP contribution in [0.3, 0.4) is 0 Å². The van der Waals surface area contributed by atoms with Crippen molar-refractivity contribution in [3.8, 4) is 0 Å². The van der Waals surface area contributed by atoms with Gasteiger partial charge in [0, 0.05) is 25.0 Å². The maximum absolute atomic E-state index is 11.8. The Balaban J connectivity index is 1.97. The van der Waals surface area contributed by atoms with Crippen molar-refractivity contribution in [2.75, 3.05) is 26.7 Å². The molecule has 1 amide bonds. The lowest BCUT2D eigenvalue weighted by molar-refractivity contribution is -0.133. The third-order valence-corrected chi connectivity index (χ3v) is 3.55. The predicted molar refractivity (Wildman–Crippen MR) is 56.0 cm³/mol. The van der Waals surface area contributed by atoms with Gasteiger partial charge < -0.3 is 9.80 Å². The monoisotopic (exact) mass is 196 g/mol. The standard InChI is InChI=1S/C11H20N2O/c1-9-5-7-13(11(9)14)10-4-3-6-12(2)8-10/h9-10H,3-8H2,1-2H3. The largest absolute Gasteiger partial charge is 0.338 e. The molecule has 2 aliphatic heterocycles. The fourth-order valence-corrected chi connectivity index (χ4v) is 2.61. The highest BCUT2D eigenvalue weighted by molar-refractivity contribution is 5.80. The summed E-state index contributed by atoms with van der Waals surface area (Å²) in [6.07, 6.45) is 3.49. The molecule has 2 saturated heterocycles. The van der Waals surface area contributed by atoms with Gasteiger partial charge in [0.2, 0.25) is 5.91 Å². The summed E-state index contributed by atoms with van der Waals surface area (Å²) in [5.74, 6) is 0.646. The van der Waals surface area contributed by atoms with Crippen LogP contribution in [0, 0.1) is 5.92 Å². The molecule has 0 N–H and O–H groups in total. The van der Waals surface area contributed by atoms with Crippen molar-refractivity contribution in [1.29, 1.82) is 0 Å². The highest BCUT2D eigenvalue weighted by atomic mass is 16.2. The summed E-state index contributed by atoms with van der Waals surface area (Å²) >= 11 is 0. The fourth-order valence-electron chi connectivity index (χ4n) is 2.61. The maximum Gasteiger partial charge on any atom is 0.225 e. The van der Waals surface area contributed by atoms with Gasteiger partial charge in [-0.3, -0.25) is 4.79 Å². The minimum absolute atomic E-state index is 0.266. The molecular weight excluding hydrogens is 176 g/mol. The van der Waals surface area contributed by atoms with Crippen LogP contribution in [0.5, 0.6) is 0 Å². The number of amides is 1. The molecule has 14 heavy (non-hydrogen) atoms. The second kappa shape index (κ2) is 3.89. The molecule has 2 atom stereocenters. The number of hydrogen-bond donors (Lipinski definition) is 0. The van der Waals surface area contributed by atoms with Crippen LogP contribution in [0.4, 0.5) is 0 Å². The van der Waals surface area contributed by atoms with Crippen LogP contribution in [0.15, 0.2) is 0 Å². The van der Waals surface area contributed by atoms with E-state index < -0.39 is 0 Å². The van der Waals surface area contributed by atoms with E-state index in [2.05, 4.69) is 23.8 Å². The Morgan fingerprint density at radius 2 is 2.07 bits per heavy atom. The van der Waals surface area contributed by atoms with Gasteiger partial charge in [-0.15, -0.1) is 0 Å². The summed E-state index contributed by atoms with van der Waals surface area (Å²) in [5.41, 5.74) is 0. The molecule has 0 aromatic rings. The Bertz CT molecular complexity index is 229. The highest BCUT2D eigenvalue weighted by Crippen LogP contribution is 2.24. The smallest absolute Gasteiger partial charge is 0.225 e. The minimum atomic E-state index is 0.266. The average molecular weight is 196 g/mol. The van der Waals surface area contributed by atoms with Crippen LogP contribution in [0.2, 0.25) is 0 Å². The lowest BCUT2D eigenvalue weighted by atomic mass is 10.0. The van der Waals surface area contributed by atoms with Crippen LogP contribution in [0.25, 0.3) is 0 Å². The molecule has 3 heteroatoms. The van der Waals surface area contributed by atoms with Gasteiger partial charge in [-0.05, 0) is 32.9 Å². The van der Waals surface area contributed by atoms with Gasteiger partial charge in [-0.2, -0.15) is 0 Å². The Hall–Kier alpha value is -0.570. The van der Waals surface area contributed by atoms with Gasteiger partial charge in [-0.25, -0.2) is 0 Å². The highest BCUT2D eigenvalue weighted by Gasteiger charge is 2.34. The van der Waals surface area contributed by atoms with Gasteiger partial charge in [0.1, 0.15) is 0 Å². The molecule has 0 radical (unpaired) electrons. The van der Waals surface area contributed by atoms with Crippen molar-refractivity contribution in [3.63, 3.8) is 0 Å². The molecule has 2 fully saturated rings. The zero-order valence-corrected chi connectivity index (χ0v) is 9.20. The van der Waals surface area contributed by atoms with Gasteiger partial charge in [-0.1, -0.05) is 6.92 Å². The molecule has 2 rings (SSSR count). The number of likely N-dealkylation sites (tertiary alicyclic amines) is 2. The number of piperidine rings is 1. The van der Waals surface area contributed by atoms with Crippen molar-refractivity contribution in [2.45, 2.75) is 32.2 Å². The van der Waals surface area contributed by atoms with Gasteiger partial charge in [0.05, 0.1) is 0 Å². The number of nitrogens with zero attached hydrogens (tertiary/aromatic N) is 2. The Morgan fingerprint density at radius 3 is 2.64 bits per heavy atom. The topological polar surface area (TPSA) is 23.6 Å². The molecule has 2 unspecified atom stereocenters. The lowest BCUT2D eigenvalue weighted by Crippen LogP contribution is -2.47. The molecule has 0 aromatic carbocycles. The SMILES string of the molecule is CC1CCN(C2CCCN(C)C2)C1=O. The molecule has 0 bridgehead atoms. The summed E-state index contributed by atoms with van der Waals surface area (Å²) in [7, 11) is 2.15. The number of carbonyl (C=O) groups is 1. The molecule has 2 aliphatic rings. The van der Waals surface area contributed by atoms with E-state index in [1.54, 1.807) is 0 Å². The Kier molecular flexibility index (Phi) is 2.77. The first-order valence-corrected chi connectivity index (χ1v) is 5.67. The first-order valence-electron chi connectivity index (χ1n) is 5.67. The minimum Gasteiger partial charge on any atom is -0.338 e. The van der Waals surface area contributed by atoms with Crippen molar-refractivity contribution in [3.05, 3.63) is 0 Å². The third kappa shape index (κ3) is 1.78. The van der Waals surface area contributed by atoms with Crippen LogP contribution < -0.4 is 0 Å². The van der Waals surface area contributed by atoms with Crippen molar-refractivity contribution < 1.29 is 4.79 Å². The lowest BCUT2D eigenvalue weighted by Gasteiger charge is -2.35. The average Bonchev–Trinajstić information content (AvgIpc) is 2.48. The van der Waals surface area contributed by atoms with E-state index in [0.29, 0.717) is 11.9 Å². The molecule has 0 spiro atoms. The molecule has 3 nitrogen and oxygen atoms in total. The van der Waals surface area contributed by atoms with Crippen LogP contribution in [0.1, 0.15) is 26.2 Å². The molecule has 0 aliphatic carbocycles. The summed E-state index contributed by atoms with van der Waals surface area (Å²) < 4.78 is 0. The molecule has 0 saturated carbocycles. The predicted octanol–water partition coefficient (Wildman–Crippen LogP) is 0.949. The maximum atomic E-state index is 11.8. The first-order chi connectivity index (χ1) is 6.68. The number of likely N-dealkylation sites (N-methyl/N-ethyl adjacent to an activating group) is 1. The summed E-state index contributed by atoms with van der Waals surface area (Å²) in [5, 5.41) is 0. The van der Waals surface area contributed by atoms with Crippen LogP contribution in [-0.2, 0) is 4.79 Å². The number of rotatable bonds is 1. The molecule has 0 aromatic heterocycles. The normalized spacial score (nSPS) is 35.3. The van der Waals surface area contributed by atoms with Gasteiger partial charge >= 0.3 is 0 Å². The van der Waals surface area contributed by atoms with E-state index in [1.807, 2.05) is 0 Å². The van der Waals surface area contributed by atoms with E-state index in [0.717, 1.165) is 19.5 Å². The van der Waals surface area contributed by atoms with E-state index in [4.69, 9.17) is 0 Å². The van der Waals surface area contributed by atoms with Gasteiger partial charge in [0.25, 0.3) is 0 Å². The van der Waals surface area contributed by atoms with Crippen molar-refractivity contribution >= 4 is 5.91 Å². The zero-order valence-electron chi connectivity index (χ0n) is 9.20. The Labute approximate surface area is 86.1 Å². The number of hydrogen-bond acceptors (Lipinski definition) is 2. The Morgan fingerprint density at radius 1 is 1.29 bits per heavy atom. The second-order valence-corrected chi connectivity index (χ2v) is 4.78. The zero-order chi connectivity index (χ0) is 10.1. The fraction of sp³-hybridized carbons (Fsp3) is 0.909.